The first-order valence-electron chi connectivity index (χ1n) is 5.75. The number of fused-ring (bicyclic) bond motifs is 1. The Kier molecular flexibility index (Phi) is 3.19. The van der Waals surface area contributed by atoms with Gasteiger partial charge in [-0.25, -0.2) is 0 Å². The Bertz CT molecular complexity index is 658. The van der Waals surface area contributed by atoms with Gasteiger partial charge < -0.3 is 9.72 Å². The normalized spacial score (nSPS) is 12.4. The molecule has 1 atom stereocenters. The summed E-state index contributed by atoms with van der Waals surface area (Å²) in [5.41, 5.74) is 2.24. The second-order valence-electron chi connectivity index (χ2n) is 4.33. The van der Waals surface area contributed by atoms with Gasteiger partial charge in [-0.3, -0.25) is 9.59 Å². The lowest BCUT2D eigenvalue weighted by Crippen LogP contribution is -2.15. The fraction of sp³-hybridized carbons (Fsp3) is 0.286. The number of rotatable bonds is 2. The molecule has 1 N–H and O–H groups in total. The van der Waals surface area contributed by atoms with E-state index in [0.717, 1.165) is 16.5 Å². The predicted molar refractivity (Wildman–Crippen MR) is 69.7 cm³/mol. The Hall–Kier alpha value is -2.10. The van der Waals surface area contributed by atoms with Crippen molar-refractivity contribution in [2.45, 2.75) is 19.8 Å². The summed E-state index contributed by atoms with van der Waals surface area (Å²) in [6.07, 6.45) is 0. The molecule has 2 rings (SSSR count). The van der Waals surface area contributed by atoms with Crippen LogP contribution in [0.4, 0.5) is 0 Å². The third-order valence-electron chi connectivity index (χ3n) is 3.14. The van der Waals surface area contributed by atoms with Crippen LogP contribution in [0.3, 0.4) is 0 Å². The number of pyridine rings is 1. The van der Waals surface area contributed by atoms with Gasteiger partial charge in [-0.15, -0.1) is 0 Å². The summed E-state index contributed by atoms with van der Waals surface area (Å²) < 4.78 is 4.73. The third-order valence-corrected chi connectivity index (χ3v) is 3.14. The zero-order valence-corrected chi connectivity index (χ0v) is 10.6. The molecule has 18 heavy (non-hydrogen) atoms. The standard InChI is InChI=1S/C14H15NO3/c1-8-5-4-6-10-11(9(2)14(17)18-3)7-12(16)15-13(8)10/h4-7,9H,1-3H3,(H,15,16). The number of ether oxygens (including phenoxy) is 1. The molecule has 1 aromatic carbocycles. The number of benzene rings is 1. The molecule has 0 aliphatic heterocycles. The maximum Gasteiger partial charge on any atom is 0.312 e. The van der Waals surface area contributed by atoms with E-state index < -0.39 is 5.92 Å². The Labute approximate surface area is 105 Å². The number of esters is 1. The zero-order valence-electron chi connectivity index (χ0n) is 10.6. The van der Waals surface area contributed by atoms with Gasteiger partial charge in [-0.1, -0.05) is 18.2 Å². The molecule has 0 saturated heterocycles. The Morgan fingerprint density at radius 3 is 2.78 bits per heavy atom. The predicted octanol–water partition coefficient (Wildman–Crippen LogP) is 2.11. The van der Waals surface area contributed by atoms with E-state index in [-0.39, 0.29) is 11.5 Å². The van der Waals surface area contributed by atoms with Gasteiger partial charge >= 0.3 is 5.97 Å². The minimum absolute atomic E-state index is 0.206. The van der Waals surface area contributed by atoms with E-state index in [1.807, 2.05) is 25.1 Å². The molecular weight excluding hydrogens is 230 g/mol. The number of hydrogen-bond donors (Lipinski definition) is 1. The summed E-state index contributed by atoms with van der Waals surface area (Å²) in [6.45, 7) is 3.66. The van der Waals surface area contributed by atoms with Crippen LogP contribution in [0.1, 0.15) is 24.0 Å². The van der Waals surface area contributed by atoms with Crippen LogP contribution in [0.25, 0.3) is 10.9 Å². The Morgan fingerprint density at radius 2 is 2.11 bits per heavy atom. The molecule has 4 heteroatoms. The molecule has 0 spiro atoms. The smallest absolute Gasteiger partial charge is 0.312 e. The van der Waals surface area contributed by atoms with E-state index in [9.17, 15) is 9.59 Å². The van der Waals surface area contributed by atoms with Gasteiger partial charge in [0.1, 0.15) is 0 Å². The van der Waals surface area contributed by atoms with E-state index in [1.165, 1.54) is 13.2 Å². The number of nitrogens with one attached hydrogen (secondary N) is 1. The van der Waals surface area contributed by atoms with Crippen LogP contribution >= 0.6 is 0 Å². The van der Waals surface area contributed by atoms with E-state index >= 15 is 0 Å². The number of para-hydroxylation sites is 1. The molecule has 0 saturated carbocycles. The molecule has 1 unspecified atom stereocenters. The number of H-pyrrole nitrogens is 1. The molecule has 2 aromatic rings. The highest BCUT2D eigenvalue weighted by molar-refractivity contribution is 5.90. The number of aromatic amines is 1. The largest absolute Gasteiger partial charge is 0.469 e. The number of aryl methyl sites for hydroxylation is 1. The molecule has 0 aliphatic rings. The maximum absolute atomic E-state index is 11.7. The summed E-state index contributed by atoms with van der Waals surface area (Å²) in [4.78, 5) is 26.1. The Morgan fingerprint density at radius 1 is 1.39 bits per heavy atom. The first-order valence-corrected chi connectivity index (χ1v) is 5.75. The second kappa shape index (κ2) is 4.64. The summed E-state index contributed by atoms with van der Waals surface area (Å²) in [7, 11) is 1.35. The van der Waals surface area contributed by atoms with Crippen LogP contribution in [0, 0.1) is 6.92 Å². The SMILES string of the molecule is COC(=O)C(C)c1cc(=O)[nH]c2c(C)cccc12. The van der Waals surface area contributed by atoms with Gasteiger partial charge in [0, 0.05) is 11.5 Å². The minimum atomic E-state index is -0.457. The van der Waals surface area contributed by atoms with Crippen molar-refractivity contribution in [3.05, 3.63) is 45.7 Å². The van der Waals surface area contributed by atoms with E-state index in [2.05, 4.69) is 4.98 Å². The van der Waals surface area contributed by atoms with Crippen LogP contribution in [0.2, 0.25) is 0 Å². The van der Waals surface area contributed by atoms with Crippen LogP contribution in [-0.4, -0.2) is 18.1 Å². The molecular formula is C14H15NO3. The summed E-state index contributed by atoms with van der Waals surface area (Å²) in [5, 5.41) is 0.882. The average Bonchev–Trinajstić information content (AvgIpc) is 2.37. The second-order valence-corrected chi connectivity index (χ2v) is 4.33. The maximum atomic E-state index is 11.7. The van der Waals surface area contributed by atoms with Crippen LogP contribution < -0.4 is 5.56 Å². The zero-order chi connectivity index (χ0) is 13.3. The molecule has 0 bridgehead atoms. The monoisotopic (exact) mass is 245 g/mol. The fourth-order valence-corrected chi connectivity index (χ4v) is 2.11. The minimum Gasteiger partial charge on any atom is -0.469 e. The number of aromatic nitrogens is 1. The van der Waals surface area contributed by atoms with Crippen molar-refractivity contribution >= 4 is 16.9 Å². The molecule has 1 aromatic heterocycles. The van der Waals surface area contributed by atoms with Crippen LogP contribution in [0.5, 0.6) is 0 Å². The van der Waals surface area contributed by atoms with E-state index in [4.69, 9.17) is 4.74 Å². The van der Waals surface area contributed by atoms with Crippen molar-refractivity contribution in [2.75, 3.05) is 7.11 Å². The van der Waals surface area contributed by atoms with E-state index in [1.54, 1.807) is 6.92 Å². The topological polar surface area (TPSA) is 59.2 Å². The average molecular weight is 245 g/mol. The lowest BCUT2D eigenvalue weighted by molar-refractivity contribution is -0.141. The van der Waals surface area contributed by atoms with Gasteiger partial charge in [0.15, 0.2) is 0 Å². The number of hydrogen-bond acceptors (Lipinski definition) is 3. The van der Waals surface area contributed by atoms with Crippen molar-refractivity contribution in [3.8, 4) is 0 Å². The fourth-order valence-electron chi connectivity index (χ4n) is 2.11. The quantitative estimate of drug-likeness (QED) is 0.824. The van der Waals surface area contributed by atoms with Crippen molar-refractivity contribution in [2.24, 2.45) is 0 Å². The summed E-state index contributed by atoms with van der Waals surface area (Å²) in [6, 6.07) is 7.19. The van der Waals surface area contributed by atoms with Crippen molar-refractivity contribution in [1.29, 1.82) is 0 Å². The summed E-state index contributed by atoms with van der Waals surface area (Å²) >= 11 is 0. The van der Waals surface area contributed by atoms with Gasteiger partial charge in [0.25, 0.3) is 0 Å². The third kappa shape index (κ3) is 2.01. The van der Waals surface area contributed by atoms with Crippen molar-refractivity contribution < 1.29 is 9.53 Å². The molecule has 0 fully saturated rings. The molecule has 1 heterocycles. The van der Waals surface area contributed by atoms with Crippen molar-refractivity contribution in [1.82, 2.24) is 4.98 Å². The van der Waals surface area contributed by atoms with E-state index in [0.29, 0.717) is 5.56 Å². The van der Waals surface area contributed by atoms with Gasteiger partial charge in [0.05, 0.1) is 18.5 Å². The molecule has 4 nitrogen and oxygen atoms in total. The highest BCUT2D eigenvalue weighted by Crippen LogP contribution is 2.25. The van der Waals surface area contributed by atoms with Gasteiger partial charge in [0.2, 0.25) is 5.56 Å². The number of carbonyl (C=O) groups is 1. The van der Waals surface area contributed by atoms with Gasteiger partial charge in [-0.05, 0) is 25.0 Å². The lowest BCUT2D eigenvalue weighted by Gasteiger charge is -2.13. The molecule has 0 aliphatic carbocycles. The number of carbonyl (C=O) groups excluding carboxylic acids is 1. The number of methoxy groups -OCH3 is 1. The summed E-state index contributed by atoms with van der Waals surface area (Å²) in [5.74, 6) is -0.801. The lowest BCUT2D eigenvalue weighted by atomic mass is 9.96. The first kappa shape index (κ1) is 12.4. The van der Waals surface area contributed by atoms with Crippen LogP contribution in [0.15, 0.2) is 29.1 Å². The Balaban J connectivity index is 2.74. The van der Waals surface area contributed by atoms with Crippen LogP contribution in [-0.2, 0) is 9.53 Å². The molecule has 0 amide bonds. The highest BCUT2D eigenvalue weighted by Gasteiger charge is 2.19. The molecule has 94 valence electrons. The van der Waals surface area contributed by atoms with Gasteiger partial charge in [-0.2, -0.15) is 0 Å². The first-order chi connectivity index (χ1) is 8.54. The highest BCUT2D eigenvalue weighted by atomic mass is 16.5. The molecule has 0 radical (unpaired) electrons. The van der Waals surface area contributed by atoms with Crippen molar-refractivity contribution in [3.63, 3.8) is 0 Å².